The molecule has 7 heteroatoms. The largest absolute Gasteiger partial charge is 0.340 e. The highest BCUT2D eigenvalue weighted by Gasteiger charge is 2.33. The molecule has 0 spiro atoms. The molecule has 2 aromatic rings. The van der Waals surface area contributed by atoms with Crippen LogP contribution in [0.2, 0.25) is 0 Å². The van der Waals surface area contributed by atoms with Crippen LogP contribution in [-0.4, -0.2) is 70.8 Å². The molecule has 2 aliphatic heterocycles. The zero-order valence-electron chi connectivity index (χ0n) is 16.0. The number of rotatable bonds is 4. The van der Waals surface area contributed by atoms with Crippen LogP contribution in [-0.2, 0) is 11.3 Å². The first-order chi connectivity index (χ1) is 13.7. The molecular weight excluding hydrogens is 372 g/mol. The summed E-state index contributed by atoms with van der Waals surface area (Å²) in [6.45, 7) is 5.50. The number of pyridine rings is 1. The molecule has 2 fully saturated rings. The highest BCUT2D eigenvalue weighted by atomic mass is 32.1. The number of piperidine rings is 1. The van der Waals surface area contributed by atoms with E-state index in [9.17, 15) is 9.59 Å². The molecule has 0 aromatic carbocycles. The Hall–Kier alpha value is -2.25. The number of hydrogen-bond donors (Lipinski definition) is 0. The SMILES string of the molecule is O=C(c1cccs1)N1CCCC(C(=O)N2CCN(Cc3ccncc3)CC2)C1. The molecular formula is C21H26N4O2S. The van der Waals surface area contributed by atoms with Crippen molar-refractivity contribution in [1.82, 2.24) is 19.7 Å². The van der Waals surface area contributed by atoms with Gasteiger partial charge in [-0.1, -0.05) is 6.07 Å². The second-order valence-electron chi connectivity index (χ2n) is 7.52. The van der Waals surface area contributed by atoms with Gasteiger partial charge in [-0.15, -0.1) is 11.3 Å². The minimum Gasteiger partial charge on any atom is -0.340 e. The van der Waals surface area contributed by atoms with Gasteiger partial charge in [0.15, 0.2) is 0 Å². The normalized spacial score (nSPS) is 20.9. The van der Waals surface area contributed by atoms with Crippen LogP contribution in [0.5, 0.6) is 0 Å². The van der Waals surface area contributed by atoms with E-state index in [0.29, 0.717) is 6.54 Å². The molecule has 0 saturated carbocycles. The molecule has 2 amide bonds. The van der Waals surface area contributed by atoms with E-state index < -0.39 is 0 Å². The number of amides is 2. The van der Waals surface area contributed by atoms with Crippen molar-refractivity contribution in [3.63, 3.8) is 0 Å². The van der Waals surface area contributed by atoms with E-state index in [-0.39, 0.29) is 17.7 Å². The third-order valence-electron chi connectivity index (χ3n) is 5.63. The molecule has 0 radical (unpaired) electrons. The van der Waals surface area contributed by atoms with Gasteiger partial charge in [-0.25, -0.2) is 0 Å². The van der Waals surface area contributed by atoms with Gasteiger partial charge >= 0.3 is 0 Å². The topological polar surface area (TPSA) is 56.8 Å². The van der Waals surface area contributed by atoms with E-state index in [4.69, 9.17) is 0 Å². The zero-order valence-corrected chi connectivity index (χ0v) is 16.8. The molecule has 4 rings (SSSR count). The highest BCUT2D eigenvalue weighted by molar-refractivity contribution is 7.12. The van der Waals surface area contributed by atoms with E-state index in [1.807, 2.05) is 51.8 Å². The monoisotopic (exact) mass is 398 g/mol. The summed E-state index contributed by atoms with van der Waals surface area (Å²) < 4.78 is 0. The number of likely N-dealkylation sites (tertiary alicyclic amines) is 1. The van der Waals surface area contributed by atoms with Crippen LogP contribution in [0.3, 0.4) is 0 Å². The van der Waals surface area contributed by atoms with Gasteiger partial charge in [0.2, 0.25) is 5.91 Å². The van der Waals surface area contributed by atoms with Crippen molar-refractivity contribution < 1.29 is 9.59 Å². The maximum Gasteiger partial charge on any atom is 0.263 e. The Morgan fingerprint density at radius 1 is 1.04 bits per heavy atom. The summed E-state index contributed by atoms with van der Waals surface area (Å²) in [5.41, 5.74) is 1.25. The molecule has 6 nitrogen and oxygen atoms in total. The van der Waals surface area contributed by atoms with Gasteiger partial charge in [-0.3, -0.25) is 19.5 Å². The maximum absolute atomic E-state index is 13.0. The summed E-state index contributed by atoms with van der Waals surface area (Å²) in [7, 11) is 0. The fourth-order valence-electron chi connectivity index (χ4n) is 4.05. The van der Waals surface area contributed by atoms with Gasteiger partial charge in [0.1, 0.15) is 0 Å². The summed E-state index contributed by atoms with van der Waals surface area (Å²) in [4.78, 5) is 36.7. The first kappa shape index (κ1) is 19.1. The molecule has 0 N–H and O–H groups in total. The lowest BCUT2D eigenvalue weighted by Gasteiger charge is -2.39. The minimum absolute atomic E-state index is 0.0645. The van der Waals surface area contributed by atoms with Gasteiger partial charge < -0.3 is 9.80 Å². The lowest BCUT2D eigenvalue weighted by Crippen LogP contribution is -2.52. The average Bonchev–Trinajstić information content (AvgIpc) is 3.29. The molecule has 148 valence electrons. The molecule has 0 aliphatic carbocycles. The van der Waals surface area contributed by atoms with Crippen LogP contribution >= 0.6 is 11.3 Å². The zero-order chi connectivity index (χ0) is 19.3. The Labute approximate surface area is 169 Å². The van der Waals surface area contributed by atoms with Crippen LogP contribution in [0.25, 0.3) is 0 Å². The van der Waals surface area contributed by atoms with Crippen molar-refractivity contribution in [3.05, 3.63) is 52.5 Å². The predicted molar refractivity (Wildman–Crippen MR) is 109 cm³/mol. The summed E-state index contributed by atoms with van der Waals surface area (Å²) in [5.74, 6) is 0.214. The number of hydrogen-bond acceptors (Lipinski definition) is 5. The fourth-order valence-corrected chi connectivity index (χ4v) is 4.74. The number of carbonyl (C=O) groups is 2. The number of carbonyl (C=O) groups excluding carboxylic acids is 2. The molecule has 0 bridgehead atoms. The lowest BCUT2D eigenvalue weighted by atomic mass is 9.96. The van der Waals surface area contributed by atoms with Crippen molar-refractivity contribution in [2.24, 2.45) is 5.92 Å². The molecule has 2 aliphatic rings. The Morgan fingerprint density at radius 3 is 2.54 bits per heavy atom. The van der Waals surface area contributed by atoms with Gasteiger partial charge in [0.05, 0.1) is 10.8 Å². The van der Waals surface area contributed by atoms with Gasteiger partial charge in [-0.05, 0) is 42.0 Å². The van der Waals surface area contributed by atoms with E-state index in [0.717, 1.165) is 57.0 Å². The number of thiophene rings is 1. The molecule has 1 atom stereocenters. The summed E-state index contributed by atoms with van der Waals surface area (Å²) in [6, 6.07) is 7.84. The van der Waals surface area contributed by atoms with Gasteiger partial charge in [0, 0.05) is 58.2 Å². The Balaban J connectivity index is 1.29. The van der Waals surface area contributed by atoms with Crippen molar-refractivity contribution in [2.75, 3.05) is 39.3 Å². The summed E-state index contributed by atoms with van der Waals surface area (Å²) >= 11 is 1.47. The second kappa shape index (κ2) is 8.84. The van der Waals surface area contributed by atoms with Gasteiger partial charge in [0.25, 0.3) is 5.91 Å². The first-order valence-electron chi connectivity index (χ1n) is 9.93. The smallest absolute Gasteiger partial charge is 0.263 e. The lowest BCUT2D eigenvalue weighted by molar-refractivity contribution is -0.138. The highest BCUT2D eigenvalue weighted by Crippen LogP contribution is 2.23. The number of nitrogens with zero attached hydrogens (tertiary/aromatic N) is 4. The number of aromatic nitrogens is 1. The van der Waals surface area contributed by atoms with Crippen LogP contribution in [0.1, 0.15) is 28.1 Å². The Morgan fingerprint density at radius 2 is 1.82 bits per heavy atom. The Kier molecular flexibility index (Phi) is 6.02. The van der Waals surface area contributed by atoms with E-state index in [1.165, 1.54) is 16.9 Å². The predicted octanol–water partition coefficient (Wildman–Crippen LogP) is 2.34. The second-order valence-corrected chi connectivity index (χ2v) is 8.47. The standard InChI is InChI=1S/C21H26N4O2S/c26-20(18-3-1-9-25(16-18)21(27)19-4-2-14-28-19)24-12-10-23(11-13-24)15-17-5-7-22-8-6-17/h2,4-8,14,18H,1,3,9-13,15-16H2. The average molecular weight is 399 g/mol. The van der Waals surface area contributed by atoms with Crippen molar-refractivity contribution in [3.8, 4) is 0 Å². The molecule has 2 aromatic heterocycles. The van der Waals surface area contributed by atoms with Crippen LogP contribution in [0.15, 0.2) is 42.0 Å². The van der Waals surface area contributed by atoms with Crippen LogP contribution < -0.4 is 0 Å². The number of piperazine rings is 1. The molecule has 1 unspecified atom stereocenters. The quantitative estimate of drug-likeness (QED) is 0.793. The van der Waals surface area contributed by atoms with Crippen LogP contribution in [0.4, 0.5) is 0 Å². The Bertz CT molecular complexity index is 788. The van der Waals surface area contributed by atoms with Crippen LogP contribution in [0, 0.1) is 5.92 Å². The molecule has 4 heterocycles. The minimum atomic E-state index is -0.0654. The van der Waals surface area contributed by atoms with Crippen molar-refractivity contribution in [2.45, 2.75) is 19.4 Å². The van der Waals surface area contributed by atoms with Crippen molar-refractivity contribution in [1.29, 1.82) is 0 Å². The molecule has 28 heavy (non-hydrogen) atoms. The summed E-state index contributed by atoms with van der Waals surface area (Å²) in [6.07, 6.45) is 5.42. The van der Waals surface area contributed by atoms with E-state index >= 15 is 0 Å². The third kappa shape index (κ3) is 4.42. The third-order valence-corrected chi connectivity index (χ3v) is 6.49. The molecule has 2 saturated heterocycles. The first-order valence-corrected chi connectivity index (χ1v) is 10.8. The maximum atomic E-state index is 13.0. The summed E-state index contributed by atoms with van der Waals surface area (Å²) in [5, 5.41) is 1.92. The fraction of sp³-hybridized carbons (Fsp3) is 0.476. The van der Waals surface area contributed by atoms with E-state index in [1.54, 1.807) is 0 Å². The van der Waals surface area contributed by atoms with Crippen molar-refractivity contribution >= 4 is 23.2 Å². The van der Waals surface area contributed by atoms with Gasteiger partial charge in [-0.2, -0.15) is 0 Å². The van der Waals surface area contributed by atoms with E-state index in [2.05, 4.69) is 9.88 Å².